The second kappa shape index (κ2) is 7.04. The van der Waals surface area contributed by atoms with Gasteiger partial charge < -0.3 is 15.8 Å². The molecule has 21 heavy (non-hydrogen) atoms. The molecule has 0 aliphatic rings. The third kappa shape index (κ3) is 4.16. The molecule has 3 N–H and O–H groups in total. The van der Waals surface area contributed by atoms with E-state index in [0.717, 1.165) is 10.6 Å². The third-order valence-corrected chi connectivity index (χ3v) is 3.55. The Kier molecular flexibility index (Phi) is 5.11. The van der Waals surface area contributed by atoms with E-state index in [0.29, 0.717) is 23.6 Å². The maximum absolute atomic E-state index is 12.3. The number of nitrogens with one attached hydrogen (secondary N) is 1. The summed E-state index contributed by atoms with van der Waals surface area (Å²) < 4.78 is 5.40. The molecule has 0 fully saturated rings. The molecule has 2 aromatic carbocycles. The lowest BCUT2D eigenvalue weighted by Gasteiger charge is -2.09. The number of ether oxygens (including phenoxy) is 1. The van der Waals surface area contributed by atoms with Crippen molar-refractivity contribution in [3.8, 4) is 5.75 Å². The molecule has 0 aromatic heterocycles. The van der Waals surface area contributed by atoms with Gasteiger partial charge >= 0.3 is 0 Å². The smallest absolute Gasteiger partial charge is 0.255 e. The van der Waals surface area contributed by atoms with Crippen LogP contribution in [0, 0.1) is 0 Å². The van der Waals surface area contributed by atoms with Gasteiger partial charge in [0.15, 0.2) is 0 Å². The van der Waals surface area contributed by atoms with Gasteiger partial charge in [-0.05, 0) is 43.5 Å². The molecular formula is C16H18N2O2S. The zero-order valence-electron chi connectivity index (χ0n) is 12.1. The van der Waals surface area contributed by atoms with Crippen LogP contribution in [0.5, 0.6) is 5.75 Å². The number of anilines is 2. The summed E-state index contributed by atoms with van der Waals surface area (Å²) in [5.74, 6) is 0.391. The highest BCUT2D eigenvalue weighted by Gasteiger charge is 2.09. The van der Waals surface area contributed by atoms with E-state index in [-0.39, 0.29) is 5.91 Å². The molecule has 0 unspecified atom stereocenters. The first kappa shape index (κ1) is 15.3. The van der Waals surface area contributed by atoms with Crippen LogP contribution >= 0.6 is 11.8 Å². The second-order valence-electron chi connectivity index (χ2n) is 4.41. The van der Waals surface area contributed by atoms with Gasteiger partial charge in [-0.3, -0.25) is 4.79 Å². The van der Waals surface area contributed by atoms with Gasteiger partial charge in [0, 0.05) is 27.9 Å². The molecule has 0 aliphatic heterocycles. The molecule has 0 spiro atoms. The van der Waals surface area contributed by atoms with Gasteiger partial charge in [-0.15, -0.1) is 11.8 Å². The van der Waals surface area contributed by atoms with E-state index < -0.39 is 0 Å². The van der Waals surface area contributed by atoms with Crippen molar-refractivity contribution in [2.45, 2.75) is 11.8 Å². The Morgan fingerprint density at radius 2 is 2.10 bits per heavy atom. The molecule has 2 aromatic rings. The van der Waals surface area contributed by atoms with Crippen LogP contribution in [-0.4, -0.2) is 18.8 Å². The molecule has 0 saturated heterocycles. The van der Waals surface area contributed by atoms with E-state index in [1.54, 1.807) is 30.0 Å². The molecule has 0 radical (unpaired) electrons. The molecular weight excluding hydrogens is 284 g/mol. The van der Waals surface area contributed by atoms with Gasteiger partial charge in [-0.2, -0.15) is 0 Å². The third-order valence-electron chi connectivity index (χ3n) is 2.83. The van der Waals surface area contributed by atoms with Gasteiger partial charge in [0.05, 0.1) is 6.61 Å². The Bertz CT molecular complexity index is 644. The summed E-state index contributed by atoms with van der Waals surface area (Å²) >= 11 is 1.63. The number of carbonyl (C=O) groups is 1. The molecule has 0 heterocycles. The molecule has 1 amide bonds. The average molecular weight is 302 g/mol. The first-order chi connectivity index (χ1) is 10.1. The van der Waals surface area contributed by atoms with Crippen LogP contribution in [0.25, 0.3) is 0 Å². The highest BCUT2D eigenvalue weighted by Crippen LogP contribution is 2.22. The number of hydrogen-bond donors (Lipinski definition) is 2. The number of rotatable bonds is 5. The maximum Gasteiger partial charge on any atom is 0.255 e. The van der Waals surface area contributed by atoms with Crippen LogP contribution in [0.1, 0.15) is 17.3 Å². The van der Waals surface area contributed by atoms with Crippen molar-refractivity contribution in [1.29, 1.82) is 0 Å². The zero-order valence-corrected chi connectivity index (χ0v) is 12.9. The summed E-state index contributed by atoms with van der Waals surface area (Å²) in [4.78, 5) is 13.4. The lowest BCUT2D eigenvalue weighted by molar-refractivity contribution is 0.102. The predicted octanol–water partition coefficient (Wildman–Crippen LogP) is 3.64. The highest BCUT2D eigenvalue weighted by atomic mass is 32.2. The Balaban J connectivity index is 2.19. The number of amides is 1. The number of carbonyl (C=O) groups excluding carboxylic acids is 1. The standard InChI is InChI=1S/C16H18N2O2S/c1-3-20-14-8-11(7-12(17)9-14)16(19)18-13-5-4-6-15(10-13)21-2/h4-10H,3,17H2,1-2H3,(H,18,19). The molecule has 4 nitrogen and oxygen atoms in total. The van der Waals surface area contributed by atoms with Crippen LogP contribution in [0.4, 0.5) is 11.4 Å². The molecule has 110 valence electrons. The monoisotopic (exact) mass is 302 g/mol. The van der Waals surface area contributed by atoms with E-state index in [2.05, 4.69) is 5.32 Å². The summed E-state index contributed by atoms with van der Waals surface area (Å²) in [7, 11) is 0. The highest BCUT2D eigenvalue weighted by molar-refractivity contribution is 7.98. The molecule has 0 saturated carbocycles. The largest absolute Gasteiger partial charge is 0.494 e. The number of nitrogens with two attached hydrogens (primary N) is 1. The van der Waals surface area contributed by atoms with Crippen molar-refractivity contribution >= 4 is 29.0 Å². The second-order valence-corrected chi connectivity index (χ2v) is 5.29. The minimum absolute atomic E-state index is 0.207. The Hall–Kier alpha value is -2.14. The van der Waals surface area contributed by atoms with Crippen LogP contribution in [0.2, 0.25) is 0 Å². The SMILES string of the molecule is CCOc1cc(N)cc(C(=O)Nc2cccc(SC)c2)c1. The van der Waals surface area contributed by atoms with E-state index in [1.807, 2.05) is 37.4 Å². The van der Waals surface area contributed by atoms with E-state index in [1.165, 1.54) is 0 Å². The average Bonchev–Trinajstić information content (AvgIpc) is 2.47. The number of hydrogen-bond acceptors (Lipinski definition) is 4. The Morgan fingerprint density at radius 3 is 2.81 bits per heavy atom. The molecule has 2 rings (SSSR count). The normalized spacial score (nSPS) is 10.2. The van der Waals surface area contributed by atoms with E-state index in [9.17, 15) is 4.79 Å². The van der Waals surface area contributed by atoms with Crippen LogP contribution < -0.4 is 15.8 Å². The Morgan fingerprint density at radius 1 is 1.29 bits per heavy atom. The van der Waals surface area contributed by atoms with Gasteiger partial charge in [0.25, 0.3) is 5.91 Å². The van der Waals surface area contributed by atoms with Gasteiger partial charge in [-0.25, -0.2) is 0 Å². The topological polar surface area (TPSA) is 64.3 Å². The minimum atomic E-state index is -0.207. The van der Waals surface area contributed by atoms with Gasteiger partial charge in [0.1, 0.15) is 5.75 Å². The molecule has 0 bridgehead atoms. The van der Waals surface area contributed by atoms with Crippen LogP contribution in [-0.2, 0) is 0 Å². The predicted molar refractivity (Wildman–Crippen MR) is 88.2 cm³/mol. The van der Waals surface area contributed by atoms with Crippen molar-refractivity contribution in [1.82, 2.24) is 0 Å². The summed E-state index contributed by atoms with van der Waals surface area (Å²) in [5, 5.41) is 2.87. The number of nitrogen functional groups attached to an aromatic ring is 1. The van der Waals surface area contributed by atoms with Crippen LogP contribution in [0.15, 0.2) is 47.4 Å². The summed E-state index contributed by atoms with van der Waals surface area (Å²) in [5.41, 5.74) is 7.54. The van der Waals surface area contributed by atoms with E-state index >= 15 is 0 Å². The van der Waals surface area contributed by atoms with E-state index in [4.69, 9.17) is 10.5 Å². The fourth-order valence-corrected chi connectivity index (χ4v) is 2.37. The lowest BCUT2D eigenvalue weighted by Crippen LogP contribution is -2.12. The van der Waals surface area contributed by atoms with Crippen molar-refractivity contribution in [3.63, 3.8) is 0 Å². The number of benzene rings is 2. The fourth-order valence-electron chi connectivity index (χ4n) is 1.91. The van der Waals surface area contributed by atoms with Crippen molar-refractivity contribution in [2.24, 2.45) is 0 Å². The fraction of sp³-hybridized carbons (Fsp3) is 0.188. The summed E-state index contributed by atoms with van der Waals surface area (Å²) in [6, 6.07) is 12.7. The quantitative estimate of drug-likeness (QED) is 0.654. The summed E-state index contributed by atoms with van der Waals surface area (Å²) in [6.45, 7) is 2.41. The van der Waals surface area contributed by atoms with Crippen LogP contribution in [0.3, 0.4) is 0 Å². The molecule has 0 atom stereocenters. The lowest BCUT2D eigenvalue weighted by atomic mass is 10.1. The Labute approximate surface area is 128 Å². The van der Waals surface area contributed by atoms with Crippen molar-refractivity contribution in [2.75, 3.05) is 23.9 Å². The first-order valence-electron chi connectivity index (χ1n) is 6.61. The summed E-state index contributed by atoms with van der Waals surface area (Å²) in [6.07, 6.45) is 1.99. The van der Waals surface area contributed by atoms with Gasteiger partial charge in [-0.1, -0.05) is 6.07 Å². The first-order valence-corrected chi connectivity index (χ1v) is 7.83. The van der Waals surface area contributed by atoms with Gasteiger partial charge in [0.2, 0.25) is 0 Å². The molecule has 0 aliphatic carbocycles. The van der Waals surface area contributed by atoms with Crippen molar-refractivity contribution in [3.05, 3.63) is 48.0 Å². The minimum Gasteiger partial charge on any atom is -0.494 e. The number of thioether (sulfide) groups is 1. The zero-order chi connectivity index (χ0) is 15.2. The molecule has 5 heteroatoms. The van der Waals surface area contributed by atoms with Crippen molar-refractivity contribution < 1.29 is 9.53 Å². The maximum atomic E-state index is 12.3.